The number of carbonyl (C=O) groups excluding carboxylic acids is 2. The van der Waals surface area contributed by atoms with E-state index in [1.54, 1.807) is 35.4 Å². The average Bonchev–Trinajstić information content (AvgIpc) is 3.50. The zero-order valence-electron chi connectivity index (χ0n) is 20.3. The summed E-state index contributed by atoms with van der Waals surface area (Å²) in [5.74, 6) is -0.0108. The first kappa shape index (κ1) is 28.7. The lowest BCUT2D eigenvalue weighted by Crippen LogP contribution is -2.31. The number of halogens is 1. The van der Waals surface area contributed by atoms with Crippen LogP contribution in [-0.2, 0) is 9.59 Å². The predicted molar refractivity (Wildman–Crippen MR) is 135 cm³/mol. The van der Waals surface area contributed by atoms with Gasteiger partial charge in [0.2, 0.25) is 12.8 Å². The van der Waals surface area contributed by atoms with Crippen molar-refractivity contribution in [3.63, 3.8) is 0 Å². The Morgan fingerprint density at radius 3 is 2.38 bits per heavy atom. The van der Waals surface area contributed by atoms with E-state index >= 15 is 0 Å². The third kappa shape index (κ3) is 12.1. The Kier molecular flexibility index (Phi) is 12.4. The van der Waals surface area contributed by atoms with Crippen molar-refractivity contribution < 1.29 is 14.0 Å². The van der Waals surface area contributed by atoms with E-state index in [0.29, 0.717) is 49.4 Å². The zero-order chi connectivity index (χ0) is 25.6. The quantitative estimate of drug-likeness (QED) is 0.152. The fraction of sp³-hybridized carbons (Fsp3) is 0.440. The van der Waals surface area contributed by atoms with Crippen molar-refractivity contribution in [2.75, 3.05) is 19.6 Å². The van der Waals surface area contributed by atoms with Crippen molar-refractivity contribution in [3.05, 3.63) is 59.6 Å². The molecule has 1 aromatic rings. The van der Waals surface area contributed by atoms with Crippen molar-refractivity contribution in [2.45, 2.75) is 45.6 Å². The molecule has 0 unspecified atom stereocenters. The zero-order valence-corrected chi connectivity index (χ0v) is 20.3. The summed E-state index contributed by atoms with van der Waals surface area (Å²) in [7, 11) is 0. The molecule has 186 valence electrons. The van der Waals surface area contributed by atoms with Gasteiger partial charge in [-0.05, 0) is 73.6 Å². The highest BCUT2D eigenvalue weighted by Gasteiger charge is 2.31. The van der Waals surface area contributed by atoms with Crippen molar-refractivity contribution in [1.82, 2.24) is 10.2 Å². The number of hydrogen-bond donors (Lipinski definition) is 4. The van der Waals surface area contributed by atoms with E-state index in [1.165, 1.54) is 25.0 Å². The topological polar surface area (TPSA) is 138 Å². The minimum Gasteiger partial charge on any atom is -0.383 e. The number of nitrogens with zero attached hydrogens (tertiary/aromatic N) is 2. The minimum atomic E-state index is -0.353. The summed E-state index contributed by atoms with van der Waals surface area (Å²) < 4.78 is 13.0. The van der Waals surface area contributed by atoms with Crippen LogP contribution in [-0.4, -0.2) is 54.4 Å². The molecule has 0 bridgehead atoms. The Hall–Kier alpha value is -3.33. The Morgan fingerprint density at radius 1 is 1.26 bits per heavy atom. The Bertz CT molecular complexity index is 885. The second kappa shape index (κ2) is 14.7. The third-order valence-corrected chi connectivity index (χ3v) is 5.09. The average molecular weight is 473 g/mol. The third-order valence-electron chi connectivity index (χ3n) is 5.09. The van der Waals surface area contributed by atoms with Crippen molar-refractivity contribution >= 4 is 24.4 Å². The second-order valence-corrected chi connectivity index (χ2v) is 8.73. The van der Waals surface area contributed by atoms with E-state index in [9.17, 15) is 14.0 Å². The van der Waals surface area contributed by atoms with Gasteiger partial charge in [-0.3, -0.25) is 9.59 Å². The van der Waals surface area contributed by atoms with E-state index in [0.717, 1.165) is 6.41 Å². The molecule has 0 heterocycles. The highest BCUT2D eigenvalue weighted by Crippen LogP contribution is 2.30. The first-order valence-corrected chi connectivity index (χ1v) is 11.3. The van der Waals surface area contributed by atoms with E-state index in [2.05, 4.69) is 17.2 Å². The molecule has 0 aromatic heterocycles. The van der Waals surface area contributed by atoms with Crippen molar-refractivity contribution in [1.29, 1.82) is 5.41 Å². The van der Waals surface area contributed by atoms with Crippen LogP contribution in [0.1, 0.15) is 45.6 Å². The van der Waals surface area contributed by atoms with E-state index in [1.807, 2.05) is 13.8 Å². The van der Waals surface area contributed by atoms with Gasteiger partial charge in [-0.15, -0.1) is 0 Å². The molecule has 9 heteroatoms. The minimum absolute atomic E-state index is 0.0452. The van der Waals surface area contributed by atoms with Crippen molar-refractivity contribution in [3.8, 4) is 0 Å². The Labute approximate surface area is 201 Å². The summed E-state index contributed by atoms with van der Waals surface area (Å²) >= 11 is 0. The van der Waals surface area contributed by atoms with Gasteiger partial charge < -0.3 is 27.1 Å². The number of rotatable bonds is 13. The normalized spacial score (nSPS) is 14.9. The molecule has 2 amide bonds. The van der Waals surface area contributed by atoms with Gasteiger partial charge >= 0.3 is 0 Å². The lowest BCUT2D eigenvalue weighted by molar-refractivity contribution is -0.118. The summed E-state index contributed by atoms with van der Waals surface area (Å²) in [5.41, 5.74) is 13.3. The number of carbonyl (C=O) groups is 2. The number of amidine groups is 1. The van der Waals surface area contributed by atoms with Crippen LogP contribution >= 0.6 is 0 Å². The lowest BCUT2D eigenvalue weighted by atomic mass is 9.98. The summed E-state index contributed by atoms with van der Waals surface area (Å²) in [6, 6.07) is 5.71. The second-order valence-electron chi connectivity index (χ2n) is 8.73. The molecule has 6 N–H and O–H groups in total. The number of amides is 2. The van der Waals surface area contributed by atoms with Crippen LogP contribution in [0.2, 0.25) is 0 Å². The van der Waals surface area contributed by atoms with Gasteiger partial charge in [-0.25, -0.2) is 9.38 Å². The molecule has 0 spiro atoms. The van der Waals surface area contributed by atoms with E-state index in [4.69, 9.17) is 16.9 Å². The Morgan fingerprint density at radius 2 is 1.88 bits per heavy atom. The number of nitrogens with one attached hydrogen (secondary N) is 2. The number of nitrogens with two attached hydrogens (primary N) is 2. The first-order valence-electron chi connectivity index (χ1n) is 11.3. The fourth-order valence-corrected chi connectivity index (χ4v) is 2.61. The van der Waals surface area contributed by atoms with Crippen LogP contribution < -0.4 is 16.8 Å². The molecule has 1 aliphatic carbocycles. The van der Waals surface area contributed by atoms with Gasteiger partial charge in [0.15, 0.2) is 0 Å². The maximum atomic E-state index is 13.0. The molecule has 0 aliphatic heterocycles. The smallest absolute Gasteiger partial charge is 0.209 e. The number of hydrogen-bond acceptors (Lipinski definition) is 5. The Balaban J connectivity index is 0.00000102. The standard InChI is InChI=1S/C21H28FN5O2.C4H9N/c1-16(2)19(13-20(23)17-5-7-18(22)8-6-17)21(24)26-9-3-4-11-27(15-29)12-10-25-14-28;1-4(5)2-3-4/h3,5-9,13-16,23H,4,10-12H2,1-2H3,(H2,24,26)(H,25,28);2-3,5H2,1H3/b9-3+,19-13-,23-20?;. The monoisotopic (exact) mass is 472 g/mol. The predicted octanol–water partition coefficient (Wildman–Crippen LogP) is 2.74. The number of aliphatic imine (C=N–C) groups is 1. The summed E-state index contributed by atoms with van der Waals surface area (Å²) in [5, 5.41) is 10.7. The largest absolute Gasteiger partial charge is 0.383 e. The molecule has 0 radical (unpaired) electrons. The molecule has 1 saturated carbocycles. The van der Waals surface area contributed by atoms with Crippen LogP contribution in [0, 0.1) is 17.1 Å². The molecule has 34 heavy (non-hydrogen) atoms. The van der Waals surface area contributed by atoms with Crippen LogP contribution in [0.25, 0.3) is 0 Å². The molecule has 1 fully saturated rings. The SMILES string of the molecule is CC(C)C(=C/C(=N)c1ccc(F)cc1)/C(N)=N/C=C/CCN(C=O)CCNC=O.CC1(N)CC1. The molecule has 2 rings (SSSR count). The number of benzene rings is 1. The van der Waals surface area contributed by atoms with Crippen molar-refractivity contribution in [2.24, 2.45) is 22.4 Å². The van der Waals surface area contributed by atoms with Gasteiger partial charge in [0, 0.05) is 31.4 Å². The highest BCUT2D eigenvalue weighted by atomic mass is 19.1. The maximum Gasteiger partial charge on any atom is 0.209 e. The summed E-state index contributed by atoms with van der Waals surface area (Å²) in [6.45, 7) is 7.31. The fourth-order valence-electron chi connectivity index (χ4n) is 2.61. The number of allylic oxidation sites excluding steroid dienone is 1. The first-order chi connectivity index (χ1) is 16.1. The van der Waals surface area contributed by atoms with Gasteiger partial charge in [-0.1, -0.05) is 19.9 Å². The molecular weight excluding hydrogens is 435 g/mol. The van der Waals surface area contributed by atoms with Gasteiger partial charge in [0.25, 0.3) is 0 Å². The van der Waals surface area contributed by atoms with Gasteiger partial charge in [0.05, 0.1) is 5.71 Å². The molecular formula is C25H37FN6O2. The highest BCUT2D eigenvalue weighted by molar-refractivity contribution is 6.12. The van der Waals surface area contributed by atoms with Crippen LogP contribution in [0.5, 0.6) is 0 Å². The maximum absolute atomic E-state index is 13.0. The summed E-state index contributed by atoms with van der Waals surface area (Å²) in [6.07, 6.45) is 9.37. The lowest BCUT2D eigenvalue weighted by Gasteiger charge is -2.15. The van der Waals surface area contributed by atoms with Crippen LogP contribution in [0.3, 0.4) is 0 Å². The van der Waals surface area contributed by atoms with Crippen LogP contribution in [0.4, 0.5) is 4.39 Å². The van der Waals surface area contributed by atoms with Crippen LogP contribution in [0.15, 0.2) is 53.2 Å². The molecule has 1 aromatic carbocycles. The molecule has 0 saturated heterocycles. The molecule has 0 atom stereocenters. The molecule has 1 aliphatic rings. The van der Waals surface area contributed by atoms with E-state index < -0.39 is 0 Å². The molecule has 8 nitrogen and oxygen atoms in total. The van der Waals surface area contributed by atoms with Gasteiger partial charge in [-0.2, -0.15) is 0 Å². The van der Waals surface area contributed by atoms with E-state index in [-0.39, 0.29) is 23.0 Å². The van der Waals surface area contributed by atoms with Gasteiger partial charge in [0.1, 0.15) is 11.7 Å². The summed E-state index contributed by atoms with van der Waals surface area (Å²) in [4.78, 5) is 27.0.